The first-order valence-electron chi connectivity index (χ1n) is 6.85. The number of anilines is 1. The number of nitrogens with two attached hydrogens (primary N) is 1. The van der Waals surface area contributed by atoms with E-state index in [1.54, 1.807) is 11.9 Å². The molecule has 1 saturated carbocycles. The Morgan fingerprint density at radius 1 is 1.40 bits per heavy atom. The molecular formula is C15H18N2O3. The van der Waals surface area contributed by atoms with Crippen LogP contribution in [0, 0.1) is 11.3 Å². The van der Waals surface area contributed by atoms with E-state index in [2.05, 4.69) is 0 Å². The highest BCUT2D eigenvalue weighted by molar-refractivity contribution is 6.00. The number of rotatable bonds is 2. The zero-order valence-electron chi connectivity index (χ0n) is 11.5. The fourth-order valence-corrected chi connectivity index (χ4v) is 3.17. The van der Waals surface area contributed by atoms with Crippen LogP contribution in [0.25, 0.3) is 0 Å². The zero-order valence-corrected chi connectivity index (χ0v) is 11.5. The van der Waals surface area contributed by atoms with E-state index in [1.807, 2.05) is 24.3 Å². The number of amides is 2. The molecule has 1 aliphatic heterocycles. The van der Waals surface area contributed by atoms with E-state index in [0.717, 1.165) is 12.1 Å². The van der Waals surface area contributed by atoms with E-state index in [1.165, 1.54) is 0 Å². The largest absolute Gasteiger partial charge is 0.491 e. The summed E-state index contributed by atoms with van der Waals surface area (Å²) in [5, 5.41) is 0. The van der Waals surface area contributed by atoms with Crippen molar-refractivity contribution in [3.63, 3.8) is 0 Å². The minimum absolute atomic E-state index is 0.0894. The Morgan fingerprint density at radius 3 is 2.70 bits per heavy atom. The Balaban J connectivity index is 1.98. The monoisotopic (exact) mass is 274 g/mol. The van der Waals surface area contributed by atoms with Gasteiger partial charge in [0.25, 0.3) is 0 Å². The molecule has 1 aromatic carbocycles. The van der Waals surface area contributed by atoms with Crippen molar-refractivity contribution >= 4 is 17.5 Å². The molecule has 0 spiro atoms. The lowest BCUT2D eigenvalue weighted by Gasteiger charge is -2.44. The first-order chi connectivity index (χ1) is 9.56. The average molecular weight is 274 g/mol. The summed E-state index contributed by atoms with van der Waals surface area (Å²) in [6.07, 6.45) is 2.28. The molecular weight excluding hydrogens is 256 g/mol. The summed E-state index contributed by atoms with van der Waals surface area (Å²) in [5.41, 5.74) is 5.57. The third kappa shape index (κ3) is 1.69. The van der Waals surface area contributed by atoms with Crippen molar-refractivity contribution in [1.29, 1.82) is 0 Å². The lowest BCUT2D eigenvalue weighted by Crippen LogP contribution is -2.55. The van der Waals surface area contributed by atoms with E-state index in [-0.39, 0.29) is 18.4 Å². The van der Waals surface area contributed by atoms with Crippen molar-refractivity contribution in [2.45, 2.75) is 19.3 Å². The van der Waals surface area contributed by atoms with Gasteiger partial charge in [0.1, 0.15) is 12.4 Å². The second kappa shape index (κ2) is 4.51. The first kappa shape index (κ1) is 13.0. The Labute approximate surface area is 117 Å². The zero-order chi connectivity index (χ0) is 14.3. The minimum atomic E-state index is -0.729. The molecule has 106 valence electrons. The first-order valence-corrected chi connectivity index (χ1v) is 6.85. The third-order valence-corrected chi connectivity index (χ3v) is 4.66. The number of para-hydroxylation sites is 2. The van der Waals surface area contributed by atoms with Gasteiger partial charge < -0.3 is 15.4 Å². The van der Waals surface area contributed by atoms with Crippen LogP contribution in [0.3, 0.4) is 0 Å². The molecule has 1 aromatic rings. The van der Waals surface area contributed by atoms with Gasteiger partial charge in [-0.15, -0.1) is 0 Å². The molecule has 2 N–H and O–H groups in total. The molecule has 0 saturated heterocycles. The summed E-state index contributed by atoms with van der Waals surface area (Å²) in [6.45, 7) is 0.211. The van der Waals surface area contributed by atoms with Gasteiger partial charge in [-0.3, -0.25) is 9.59 Å². The second-order valence-electron chi connectivity index (χ2n) is 5.60. The Kier molecular flexibility index (Phi) is 2.92. The van der Waals surface area contributed by atoms with Crippen LogP contribution in [-0.2, 0) is 9.59 Å². The highest BCUT2D eigenvalue weighted by atomic mass is 16.5. The van der Waals surface area contributed by atoms with E-state index in [0.29, 0.717) is 18.6 Å². The predicted molar refractivity (Wildman–Crippen MR) is 74.3 cm³/mol. The maximum absolute atomic E-state index is 12.7. The third-order valence-electron chi connectivity index (χ3n) is 4.66. The van der Waals surface area contributed by atoms with E-state index in [9.17, 15) is 9.59 Å². The summed E-state index contributed by atoms with van der Waals surface area (Å²) in [5.74, 6) is -0.297. The smallest absolute Gasteiger partial charge is 0.234 e. The van der Waals surface area contributed by atoms with E-state index < -0.39 is 11.3 Å². The SMILES string of the molecule is CN1C(=O)[C@@H](C2(C(N)=O)CCC2)COc2ccccc21. The molecule has 5 heteroatoms. The van der Waals surface area contributed by atoms with Gasteiger partial charge in [-0.05, 0) is 25.0 Å². The lowest BCUT2D eigenvalue weighted by atomic mass is 9.60. The highest BCUT2D eigenvalue weighted by Gasteiger charge is 2.54. The molecule has 2 amide bonds. The number of carbonyl (C=O) groups excluding carboxylic acids is 2. The number of benzene rings is 1. The van der Waals surface area contributed by atoms with Gasteiger partial charge in [0, 0.05) is 7.05 Å². The van der Waals surface area contributed by atoms with Crippen LogP contribution in [0.2, 0.25) is 0 Å². The topological polar surface area (TPSA) is 72.6 Å². The minimum Gasteiger partial charge on any atom is -0.491 e. The molecule has 0 radical (unpaired) electrons. The summed E-state index contributed by atoms with van der Waals surface area (Å²) in [4.78, 5) is 26.1. The summed E-state index contributed by atoms with van der Waals surface area (Å²) < 4.78 is 5.76. The Morgan fingerprint density at radius 2 is 2.10 bits per heavy atom. The Bertz CT molecular complexity index is 566. The van der Waals surface area contributed by atoms with Crippen LogP contribution in [0.1, 0.15) is 19.3 Å². The normalized spacial score (nSPS) is 24.1. The molecule has 1 heterocycles. The fraction of sp³-hybridized carbons (Fsp3) is 0.467. The summed E-state index contributed by atoms with van der Waals surface area (Å²) >= 11 is 0. The van der Waals surface area contributed by atoms with Crippen molar-refractivity contribution in [2.24, 2.45) is 17.1 Å². The maximum Gasteiger partial charge on any atom is 0.234 e. The molecule has 3 rings (SSSR count). The van der Waals surface area contributed by atoms with Crippen molar-refractivity contribution < 1.29 is 14.3 Å². The quantitative estimate of drug-likeness (QED) is 0.883. The maximum atomic E-state index is 12.7. The fourth-order valence-electron chi connectivity index (χ4n) is 3.17. The van der Waals surface area contributed by atoms with Crippen LogP contribution in [0.15, 0.2) is 24.3 Å². The van der Waals surface area contributed by atoms with Crippen LogP contribution in [0.4, 0.5) is 5.69 Å². The summed E-state index contributed by atoms with van der Waals surface area (Å²) in [6, 6.07) is 7.40. The highest BCUT2D eigenvalue weighted by Crippen LogP contribution is 2.49. The number of fused-ring (bicyclic) bond motifs is 1. The number of hydrogen-bond acceptors (Lipinski definition) is 3. The number of hydrogen-bond donors (Lipinski definition) is 1. The van der Waals surface area contributed by atoms with Gasteiger partial charge in [-0.1, -0.05) is 18.6 Å². The Hall–Kier alpha value is -2.04. The van der Waals surface area contributed by atoms with Crippen molar-refractivity contribution in [2.75, 3.05) is 18.6 Å². The average Bonchev–Trinajstić information content (AvgIpc) is 2.50. The summed E-state index contributed by atoms with van der Waals surface area (Å²) in [7, 11) is 1.72. The van der Waals surface area contributed by atoms with Crippen LogP contribution in [-0.4, -0.2) is 25.5 Å². The van der Waals surface area contributed by atoms with Gasteiger partial charge in [0.2, 0.25) is 11.8 Å². The number of nitrogens with zero attached hydrogens (tertiary/aromatic N) is 1. The molecule has 1 aliphatic carbocycles. The van der Waals surface area contributed by atoms with Crippen LogP contribution >= 0.6 is 0 Å². The molecule has 1 fully saturated rings. The van der Waals surface area contributed by atoms with Gasteiger partial charge >= 0.3 is 0 Å². The predicted octanol–water partition coefficient (Wildman–Crippen LogP) is 1.31. The molecule has 20 heavy (non-hydrogen) atoms. The molecule has 1 atom stereocenters. The lowest BCUT2D eigenvalue weighted by molar-refractivity contribution is -0.146. The molecule has 0 aromatic heterocycles. The van der Waals surface area contributed by atoms with Crippen molar-refractivity contribution in [3.8, 4) is 5.75 Å². The van der Waals surface area contributed by atoms with Gasteiger partial charge in [0.05, 0.1) is 17.0 Å². The molecule has 2 aliphatic rings. The standard InChI is InChI=1S/C15H18N2O3/c1-17-11-5-2-3-6-12(11)20-9-10(13(17)18)15(14(16)19)7-4-8-15/h2-3,5-6,10H,4,7-9H2,1H3,(H2,16,19)/t10-/m0/s1. The van der Waals surface area contributed by atoms with Crippen molar-refractivity contribution in [1.82, 2.24) is 0 Å². The number of primary amides is 1. The molecule has 0 bridgehead atoms. The number of carbonyl (C=O) groups is 2. The van der Waals surface area contributed by atoms with E-state index >= 15 is 0 Å². The van der Waals surface area contributed by atoms with Crippen LogP contribution in [0.5, 0.6) is 5.75 Å². The molecule has 5 nitrogen and oxygen atoms in total. The van der Waals surface area contributed by atoms with Gasteiger partial charge in [-0.25, -0.2) is 0 Å². The van der Waals surface area contributed by atoms with Gasteiger partial charge in [0.15, 0.2) is 0 Å². The second-order valence-corrected chi connectivity index (χ2v) is 5.60. The van der Waals surface area contributed by atoms with Gasteiger partial charge in [-0.2, -0.15) is 0 Å². The van der Waals surface area contributed by atoms with Crippen LogP contribution < -0.4 is 15.4 Å². The number of ether oxygens (including phenoxy) is 1. The molecule has 0 unspecified atom stereocenters. The van der Waals surface area contributed by atoms with E-state index in [4.69, 9.17) is 10.5 Å². The van der Waals surface area contributed by atoms with Crippen molar-refractivity contribution in [3.05, 3.63) is 24.3 Å².